The van der Waals surface area contributed by atoms with E-state index >= 15 is 0 Å². The quantitative estimate of drug-likeness (QED) is 0.864. The number of thiophene rings is 1. The van der Waals surface area contributed by atoms with Gasteiger partial charge >= 0.3 is 0 Å². The fraction of sp³-hybridized carbons (Fsp3) is 0.389. The van der Waals surface area contributed by atoms with Crippen LogP contribution >= 0.6 is 11.3 Å². The monoisotopic (exact) mass is 331 g/mol. The molecule has 1 aliphatic heterocycles. The summed E-state index contributed by atoms with van der Waals surface area (Å²) in [6.45, 7) is 3.90. The van der Waals surface area contributed by atoms with E-state index in [-0.39, 0.29) is 12.0 Å². The first-order valence-corrected chi connectivity index (χ1v) is 8.57. The Morgan fingerprint density at radius 1 is 1.39 bits per heavy atom. The summed E-state index contributed by atoms with van der Waals surface area (Å²) in [5.41, 5.74) is 1.16. The molecule has 1 aromatic heterocycles. The Morgan fingerprint density at radius 2 is 2.26 bits per heavy atom. The lowest BCUT2D eigenvalue weighted by atomic mass is 10.1. The number of morpholine rings is 1. The van der Waals surface area contributed by atoms with Gasteiger partial charge in [0.2, 0.25) is 0 Å². The maximum absolute atomic E-state index is 12.6. The van der Waals surface area contributed by atoms with E-state index in [0.29, 0.717) is 19.7 Å². The van der Waals surface area contributed by atoms with Gasteiger partial charge in [0, 0.05) is 24.4 Å². The zero-order chi connectivity index (χ0) is 16.2. The summed E-state index contributed by atoms with van der Waals surface area (Å²) >= 11 is 1.55. The lowest BCUT2D eigenvalue weighted by molar-refractivity contribution is -0.0206. The fourth-order valence-corrected chi connectivity index (χ4v) is 3.63. The van der Waals surface area contributed by atoms with Crippen LogP contribution in [0.25, 0.3) is 0 Å². The first-order valence-electron chi connectivity index (χ1n) is 7.76. The van der Waals surface area contributed by atoms with Gasteiger partial charge in [-0.3, -0.25) is 4.79 Å². The highest BCUT2D eigenvalue weighted by molar-refractivity contribution is 7.13. The standard InChI is InChI=1S/C18H21NO3S/c1-13-6-7-17(23-13)18(20)19-8-9-22-16(12-19)11-14-4-3-5-15(10-14)21-2/h3-7,10,16H,8-9,11-12H2,1-2H3/t16-/m0/s1. The van der Waals surface area contributed by atoms with E-state index in [0.717, 1.165) is 27.5 Å². The van der Waals surface area contributed by atoms with Crippen LogP contribution in [0.4, 0.5) is 0 Å². The van der Waals surface area contributed by atoms with Crippen molar-refractivity contribution in [1.29, 1.82) is 0 Å². The number of amides is 1. The van der Waals surface area contributed by atoms with Crippen LogP contribution in [0, 0.1) is 6.92 Å². The molecule has 0 bridgehead atoms. The number of hydrogen-bond donors (Lipinski definition) is 0. The molecule has 0 saturated carbocycles. The van der Waals surface area contributed by atoms with Gasteiger partial charge in [0.05, 0.1) is 24.7 Å². The lowest BCUT2D eigenvalue weighted by Crippen LogP contribution is -2.46. The van der Waals surface area contributed by atoms with E-state index in [4.69, 9.17) is 9.47 Å². The second-order valence-corrected chi connectivity index (χ2v) is 7.00. The van der Waals surface area contributed by atoms with Crippen LogP contribution in [-0.4, -0.2) is 43.7 Å². The number of carbonyl (C=O) groups is 1. The summed E-state index contributed by atoms with van der Waals surface area (Å²) in [6.07, 6.45) is 0.811. The molecule has 1 aliphatic rings. The minimum Gasteiger partial charge on any atom is -0.497 e. The van der Waals surface area contributed by atoms with Crippen LogP contribution < -0.4 is 4.74 Å². The molecule has 0 radical (unpaired) electrons. The van der Waals surface area contributed by atoms with Crippen LogP contribution in [0.15, 0.2) is 36.4 Å². The maximum atomic E-state index is 12.6. The maximum Gasteiger partial charge on any atom is 0.264 e. The number of rotatable bonds is 4. The Hall–Kier alpha value is -1.85. The highest BCUT2D eigenvalue weighted by Gasteiger charge is 2.26. The van der Waals surface area contributed by atoms with Gasteiger partial charge < -0.3 is 14.4 Å². The van der Waals surface area contributed by atoms with Crippen molar-refractivity contribution in [2.75, 3.05) is 26.8 Å². The minimum absolute atomic E-state index is 0.0286. The number of carbonyl (C=O) groups excluding carboxylic acids is 1. The van der Waals surface area contributed by atoms with Gasteiger partial charge in [-0.15, -0.1) is 11.3 Å². The van der Waals surface area contributed by atoms with E-state index in [1.54, 1.807) is 18.4 Å². The average Bonchev–Trinajstić information content (AvgIpc) is 3.01. The Morgan fingerprint density at radius 3 is 3.00 bits per heavy atom. The zero-order valence-electron chi connectivity index (χ0n) is 13.5. The van der Waals surface area contributed by atoms with Gasteiger partial charge in [-0.25, -0.2) is 0 Å². The van der Waals surface area contributed by atoms with E-state index < -0.39 is 0 Å². The van der Waals surface area contributed by atoms with Gasteiger partial charge in [0.25, 0.3) is 5.91 Å². The molecule has 122 valence electrons. The van der Waals surface area contributed by atoms with Crippen molar-refractivity contribution in [3.63, 3.8) is 0 Å². The molecular weight excluding hydrogens is 310 g/mol. The van der Waals surface area contributed by atoms with Gasteiger partial charge in [-0.1, -0.05) is 12.1 Å². The first-order chi connectivity index (χ1) is 11.2. The Bertz CT molecular complexity index is 682. The fourth-order valence-electron chi connectivity index (χ4n) is 2.79. The first kappa shape index (κ1) is 16.0. The number of ether oxygens (including phenoxy) is 2. The van der Waals surface area contributed by atoms with Crippen molar-refractivity contribution >= 4 is 17.2 Å². The average molecular weight is 331 g/mol. The molecule has 1 fully saturated rings. The van der Waals surface area contributed by atoms with Crippen molar-refractivity contribution in [2.24, 2.45) is 0 Å². The molecule has 2 heterocycles. The Balaban J connectivity index is 1.64. The predicted molar refractivity (Wildman–Crippen MR) is 91.4 cm³/mol. The molecule has 0 N–H and O–H groups in total. The molecule has 2 aromatic rings. The molecular formula is C18H21NO3S. The van der Waals surface area contributed by atoms with Gasteiger partial charge in [-0.2, -0.15) is 0 Å². The molecule has 1 aromatic carbocycles. The molecule has 3 rings (SSSR count). The molecule has 1 atom stereocenters. The van der Waals surface area contributed by atoms with E-state index in [2.05, 4.69) is 6.07 Å². The van der Waals surface area contributed by atoms with Crippen molar-refractivity contribution in [2.45, 2.75) is 19.4 Å². The molecule has 1 amide bonds. The minimum atomic E-state index is 0.0286. The van der Waals surface area contributed by atoms with Crippen LogP contribution in [0.5, 0.6) is 5.75 Å². The second-order valence-electron chi connectivity index (χ2n) is 5.71. The predicted octanol–water partition coefficient (Wildman–Crippen LogP) is 3.15. The summed E-state index contributed by atoms with van der Waals surface area (Å²) in [7, 11) is 1.67. The van der Waals surface area contributed by atoms with E-state index in [9.17, 15) is 4.79 Å². The molecule has 0 spiro atoms. The third-order valence-corrected chi connectivity index (χ3v) is 4.96. The van der Waals surface area contributed by atoms with E-state index in [1.807, 2.05) is 42.2 Å². The number of methoxy groups -OCH3 is 1. The third kappa shape index (κ3) is 3.92. The molecule has 4 nitrogen and oxygen atoms in total. The van der Waals surface area contributed by atoms with Gasteiger partial charge in [-0.05, 0) is 36.8 Å². The van der Waals surface area contributed by atoms with E-state index in [1.165, 1.54) is 0 Å². The molecule has 23 heavy (non-hydrogen) atoms. The number of nitrogens with zero attached hydrogens (tertiary/aromatic N) is 1. The van der Waals surface area contributed by atoms with Crippen LogP contribution in [0.1, 0.15) is 20.1 Å². The lowest BCUT2D eigenvalue weighted by Gasteiger charge is -2.33. The van der Waals surface area contributed by atoms with Crippen molar-refractivity contribution in [1.82, 2.24) is 4.90 Å². The molecule has 0 unspecified atom stereocenters. The molecule has 0 aliphatic carbocycles. The second kappa shape index (κ2) is 7.15. The number of aryl methyl sites for hydroxylation is 1. The smallest absolute Gasteiger partial charge is 0.264 e. The highest BCUT2D eigenvalue weighted by atomic mass is 32.1. The van der Waals surface area contributed by atoms with Crippen molar-refractivity contribution < 1.29 is 14.3 Å². The summed E-state index contributed by atoms with van der Waals surface area (Å²) in [5.74, 6) is 0.961. The SMILES string of the molecule is COc1cccc(C[C@H]2CN(C(=O)c3ccc(C)s3)CCO2)c1. The highest BCUT2D eigenvalue weighted by Crippen LogP contribution is 2.21. The van der Waals surface area contributed by atoms with Crippen LogP contribution in [0.3, 0.4) is 0 Å². The summed E-state index contributed by atoms with van der Waals surface area (Å²) < 4.78 is 11.1. The molecule has 5 heteroatoms. The Kier molecular flexibility index (Phi) is 4.98. The van der Waals surface area contributed by atoms with Gasteiger partial charge in [0.1, 0.15) is 5.75 Å². The summed E-state index contributed by atoms with van der Waals surface area (Å²) in [6, 6.07) is 11.9. The third-order valence-electron chi connectivity index (χ3n) is 3.97. The number of benzene rings is 1. The Labute approximate surface area is 140 Å². The van der Waals surface area contributed by atoms with Crippen molar-refractivity contribution in [3.8, 4) is 5.75 Å². The largest absolute Gasteiger partial charge is 0.497 e. The van der Waals surface area contributed by atoms with Gasteiger partial charge in [0.15, 0.2) is 0 Å². The zero-order valence-corrected chi connectivity index (χ0v) is 14.3. The molecule has 1 saturated heterocycles. The van der Waals surface area contributed by atoms with Crippen LogP contribution in [-0.2, 0) is 11.2 Å². The number of hydrogen-bond acceptors (Lipinski definition) is 4. The summed E-state index contributed by atoms with van der Waals surface area (Å²) in [4.78, 5) is 16.4. The van der Waals surface area contributed by atoms with Crippen molar-refractivity contribution in [3.05, 3.63) is 51.7 Å². The summed E-state index contributed by atoms with van der Waals surface area (Å²) in [5, 5.41) is 0. The van der Waals surface area contributed by atoms with Crippen LogP contribution in [0.2, 0.25) is 0 Å². The normalized spacial score (nSPS) is 18.0. The topological polar surface area (TPSA) is 38.8 Å².